The van der Waals surface area contributed by atoms with Crippen molar-refractivity contribution in [2.45, 2.75) is 25.1 Å². The maximum atomic E-state index is 5.15. The molecule has 0 saturated heterocycles. The molecule has 0 aliphatic rings. The first kappa shape index (κ1) is 13.9. The summed E-state index contributed by atoms with van der Waals surface area (Å²) in [4.78, 5) is 1.63. The fourth-order valence-electron chi connectivity index (χ4n) is 1.83. The molecule has 1 aromatic carbocycles. The summed E-state index contributed by atoms with van der Waals surface area (Å²) >= 11 is 1.67. The zero-order valence-corrected chi connectivity index (χ0v) is 12.2. The number of thioether (sulfide) groups is 1. The van der Waals surface area contributed by atoms with E-state index in [0.29, 0.717) is 0 Å². The summed E-state index contributed by atoms with van der Waals surface area (Å²) in [6.07, 6.45) is 2.92. The van der Waals surface area contributed by atoms with Gasteiger partial charge >= 0.3 is 0 Å². The summed E-state index contributed by atoms with van der Waals surface area (Å²) in [6, 6.07) is 8.09. The maximum Gasteiger partial charge on any atom is 0.177 e. The average molecular weight is 278 g/mol. The molecule has 0 radical (unpaired) electrons. The number of aromatic nitrogens is 4. The standard InChI is InChI=1S/C13H18N4OS/c1-10(13-14-16-17(15-13)9-19-3)8-11-4-6-12(18-2)7-5-11/h4-7,10H,8-9H2,1-3H3/t10-/m0/s1. The Hall–Kier alpha value is -1.56. The van der Waals surface area contributed by atoms with E-state index in [1.807, 2.05) is 18.4 Å². The predicted molar refractivity (Wildman–Crippen MR) is 76.4 cm³/mol. The lowest BCUT2D eigenvalue weighted by Crippen LogP contribution is -2.03. The topological polar surface area (TPSA) is 52.8 Å². The lowest BCUT2D eigenvalue weighted by molar-refractivity contribution is 0.414. The van der Waals surface area contributed by atoms with Gasteiger partial charge in [0, 0.05) is 5.92 Å². The van der Waals surface area contributed by atoms with Gasteiger partial charge in [-0.2, -0.15) is 4.80 Å². The first-order valence-electron chi connectivity index (χ1n) is 6.12. The van der Waals surface area contributed by atoms with Crippen LogP contribution in [-0.2, 0) is 12.3 Å². The zero-order valence-electron chi connectivity index (χ0n) is 11.4. The summed E-state index contributed by atoms with van der Waals surface area (Å²) in [7, 11) is 1.67. The molecular formula is C13H18N4OS. The van der Waals surface area contributed by atoms with Crippen LogP contribution in [0.1, 0.15) is 24.2 Å². The third kappa shape index (κ3) is 3.70. The van der Waals surface area contributed by atoms with Crippen molar-refractivity contribution in [2.75, 3.05) is 13.4 Å². The van der Waals surface area contributed by atoms with Gasteiger partial charge in [-0.05, 0) is 35.6 Å². The Balaban J connectivity index is 2.00. The lowest BCUT2D eigenvalue weighted by Gasteiger charge is -2.07. The van der Waals surface area contributed by atoms with E-state index in [0.717, 1.165) is 23.9 Å². The highest BCUT2D eigenvalue weighted by atomic mass is 32.2. The van der Waals surface area contributed by atoms with Crippen molar-refractivity contribution in [3.8, 4) is 5.75 Å². The minimum Gasteiger partial charge on any atom is -0.497 e. The van der Waals surface area contributed by atoms with Crippen molar-refractivity contribution in [3.63, 3.8) is 0 Å². The molecule has 0 spiro atoms. The van der Waals surface area contributed by atoms with Crippen molar-refractivity contribution in [2.24, 2.45) is 0 Å². The van der Waals surface area contributed by atoms with Crippen LogP contribution in [0.2, 0.25) is 0 Å². The second-order valence-corrected chi connectivity index (χ2v) is 5.23. The van der Waals surface area contributed by atoms with Gasteiger partial charge in [-0.25, -0.2) is 0 Å². The largest absolute Gasteiger partial charge is 0.497 e. The van der Waals surface area contributed by atoms with Crippen LogP contribution in [0.15, 0.2) is 24.3 Å². The van der Waals surface area contributed by atoms with E-state index in [1.165, 1.54) is 5.56 Å². The van der Waals surface area contributed by atoms with Crippen LogP contribution in [0.4, 0.5) is 0 Å². The van der Waals surface area contributed by atoms with Gasteiger partial charge in [0.2, 0.25) is 0 Å². The minimum absolute atomic E-state index is 0.254. The van der Waals surface area contributed by atoms with Crippen LogP contribution in [0.5, 0.6) is 5.75 Å². The SMILES string of the molecule is COc1ccc(C[C@H](C)c2nnn(CSC)n2)cc1. The number of rotatable bonds is 6. The van der Waals surface area contributed by atoms with Gasteiger partial charge in [-0.1, -0.05) is 19.1 Å². The van der Waals surface area contributed by atoms with Crippen LogP contribution in [-0.4, -0.2) is 33.6 Å². The molecule has 0 amide bonds. The van der Waals surface area contributed by atoms with Gasteiger partial charge in [-0.15, -0.1) is 22.0 Å². The maximum absolute atomic E-state index is 5.15. The average Bonchev–Trinajstić information content (AvgIpc) is 2.89. The fraction of sp³-hybridized carbons (Fsp3) is 0.462. The molecule has 0 fully saturated rings. The van der Waals surface area contributed by atoms with E-state index in [2.05, 4.69) is 34.5 Å². The van der Waals surface area contributed by atoms with Gasteiger partial charge in [0.25, 0.3) is 0 Å². The van der Waals surface area contributed by atoms with Crippen molar-refractivity contribution in [1.29, 1.82) is 0 Å². The molecule has 0 aliphatic carbocycles. The second-order valence-electron chi connectivity index (χ2n) is 4.39. The van der Waals surface area contributed by atoms with E-state index >= 15 is 0 Å². The Morgan fingerprint density at radius 1 is 1.32 bits per heavy atom. The highest BCUT2D eigenvalue weighted by Gasteiger charge is 2.12. The fourth-order valence-corrected chi connectivity index (χ4v) is 2.17. The molecule has 0 unspecified atom stereocenters. The predicted octanol–water partition coefficient (Wildman–Crippen LogP) is 2.35. The Kier molecular flexibility index (Phi) is 4.79. The number of nitrogens with zero attached hydrogens (tertiary/aromatic N) is 4. The number of tetrazole rings is 1. The number of hydrogen-bond acceptors (Lipinski definition) is 5. The number of ether oxygens (including phenoxy) is 1. The van der Waals surface area contributed by atoms with Gasteiger partial charge in [0.05, 0.1) is 7.11 Å². The summed E-state index contributed by atoms with van der Waals surface area (Å²) in [5.41, 5.74) is 1.24. The van der Waals surface area contributed by atoms with E-state index < -0.39 is 0 Å². The summed E-state index contributed by atoms with van der Waals surface area (Å²) in [5, 5.41) is 12.5. The summed E-state index contributed by atoms with van der Waals surface area (Å²) < 4.78 is 5.15. The second kappa shape index (κ2) is 6.56. The number of methoxy groups -OCH3 is 1. The summed E-state index contributed by atoms with van der Waals surface area (Å²) in [5.74, 6) is 2.66. The molecular weight excluding hydrogens is 260 g/mol. The number of benzene rings is 1. The Labute approximate surface area is 117 Å². The molecule has 102 valence electrons. The van der Waals surface area contributed by atoms with Crippen LogP contribution >= 0.6 is 11.8 Å². The molecule has 2 aromatic rings. The highest BCUT2D eigenvalue weighted by molar-refractivity contribution is 7.97. The van der Waals surface area contributed by atoms with Crippen LogP contribution < -0.4 is 4.74 Å². The van der Waals surface area contributed by atoms with Gasteiger partial charge in [-0.3, -0.25) is 0 Å². The van der Waals surface area contributed by atoms with Crippen LogP contribution in [0.25, 0.3) is 0 Å². The monoisotopic (exact) mass is 278 g/mol. The van der Waals surface area contributed by atoms with Crippen molar-refractivity contribution in [3.05, 3.63) is 35.7 Å². The molecule has 0 N–H and O–H groups in total. The van der Waals surface area contributed by atoms with Crippen molar-refractivity contribution >= 4 is 11.8 Å². The quantitative estimate of drug-likeness (QED) is 0.812. The third-order valence-corrected chi connectivity index (χ3v) is 3.34. The number of hydrogen-bond donors (Lipinski definition) is 0. The Bertz CT molecular complexity index is 512. The normalized spacial score (nSPS) is 12.4. The minimum atomic E-state index is 0.254. The van der Waals surface area contributed by atoms with Gasteiger partial charge < -0.3 is 4.74 Å². The van der Waals surface area contributed by atoms with Crippen molar-refractivity contribution < 1.29 is 4.74 Å². The molecule has 5 nitrogen and oxygen atoms in total. The first-order valence-corrected chi connectivity index (χ1v) is 7.52. The molecule has 0 aliphatic heterocycles. The summed E-state index contributed by atoms with van der Waals surface area (Å²) in [6.45, 7) is 2.12. The molecule has 0 bridgehead atoms. The van der Waals surface area contributed by atoms with Gasteiger partial charge in [0.15, 0.2) is 5.82 Å². The molecule has 0 saturated carbocycles. The molecule has 1 heterocycles. The van der Waals surface area contributed by atoms with E-state index in [1.54, 1.807) is 23.7 Å². The van der Waals surface area contributed by atoms with E-state index in [9.17, 15) is 0 Å². The first-order chi connectivity index (χ1) is 9.22. The molecule has 1 aromatic heterocycles. The van der Waals surface area contributed by atoms with E-state index in [-0.39, 0.29) is 5.92 Å². The third-order valence-electron chi connectivity index (χ3n) is 2.85. The lowest BCUT2D eigenvalue weighted by atomic mass is 10.0. The van der Waals surface area contributed by atoms with Crippen molar-refractivity contribution in [1.82, 2.24) is 20.2 Å². The molecule has 2 rings (SSSR count). The Morgan fingerprint density at radius 3 is 2.68 bits per heavy atom. The zero-order chi connectivity index (χ0) is 13.7. The molecule has 19 heavy (non-hydrogen) atoms. The van der Waals surface area contributed by atoms with Gasteiger partial charge in [0.1, 0.15) is 11.6 Å². The van der Waals surface area contributed by atoms with Crippen LogP contribution in [0, 0.1) is 0 Å². The smallest absolute Gasteiger partial charge is 0.177 e. The Morgan fingerprint density at radius 2 is 2.05 bits per heavy atom. The van der Waals surface area contributed by atoms with E-state index in [4.69, 9.17) is 4.74 Å². The molecule has 1 atom stereocenters. The van der Waals surface area contributed by atoms with Crippen LogP contribution in [0.3, 0.4) is 0 Å². The highest BCUT2D eigenvalue weighted by Crippen LogP contribution is 2.19. The molecule has 6 heteroatoms.